The summed E-state index contributed by atoms with van der Waals surface area (Å²) >= 11 is 0. The van der Waals surface area contributed by atoms with E-state index in [0.29, 0.717) is 11.1 Å². The molecule has 0 atom stereocenters. The first-order valence-corrected chi connectivity index (χ1v) is 4.07. The molecule has 0 aliphatic rings. The molecule has 0 amide bonds. The van der Waals surface area contributed by atoms with Crippen LogP contribution in [0.5, 0.6) is 0 Å². The molecule has 0 bridgehead atoms. The van der Waals surface area contributed by atoms with Crippen LogP contribution in [0, 0.1) is 0 Å². The lowest BCUT2D eigenvalue weighted by atomic mass is 10.1. The second-order valence-corrected chi connectivity index (χ2v) is 2.94. The predicted octanol–water partition coefficient (Wildman–Crippen LogP) is 1.62. The fourth-order valence-electron chi connectivity index (χ4n) is 1.16. The molecule has 5 heteroatoms. The van der Waals surface area contributed by atoms with Crippen molar-refractivity contribution in [3.8, 4) is 0 Å². The highest BCUT2D eigenvalue weighted by Crippen LogP contribution is 2.30. The Kier molecular flexibility index (Phi) is 3.13. The van der Waals surface area contributed by atoms with Crippen LogP contribution in [0.1, 0.15) is 16.7 Å². The highest BCUT2D eigenvalue weighted by Gasteiger charge is 2.30. The Hall–Kier alpha value is -1.07. The summed E-state index contributed by atoms with van der Waals surface area (Å²) < 4.78 is 37.0. The van der Waals surface area contributed by atoms with Gasteiger partial charge < -0.3 is 11.5 Å². The third-order valence-electron chi connectivity index (χ3n) is 1.85. The molecule has 0 radical (unpaired) electrons. The van der Waals surface area contributed by atoms with Crippen molar-refractivity contribution >= 4 is 0 Å². The summed E-state index contributed by atoms with van der Waals surface area (Å²) in [5.74, 6) is 0. The third-order valence-corrected chi connectivity index (χ3v) is 1.85. The zero-order valence-electron chi connectivity index (χ0n) is 7.43. The first-order chi connectivity index (χ1) is 6.47. The van der Waals surface area contributed by atoms with E-state index in [9.17, 15) is 13.2 Å². The lowest BCUT2D eigenvalue weighted by molar-refractivity contribution is -0.137. The summed E-state index contributed by atoms with van der Waals surface area (Å²) in [4.78, 5) is 0. The van der Waals surface area contributed by atoms with Crippen LogP contribution in [0.3, 0.4) is 0 Å². The fraction of sp³-hybridized carbons (Fsp3) is 0.333. The SMILES string of the molecule is NCc1cc(CN)cc(C(F)(F)F)c1. The van der Waals surface area contributed by atoms with Crippen LogP contribution in [-0.4, -0.2) is 0 Å². The number of benzene rings is 1. The van der Waals surface area contributed by atoms with Crippen molar-refractivity contribution in [3.63, 3.8) is 0 Å². The van der Waals surface area contributed by atoms with Gasteiger partial charge in [-0.05, 0) is 23.3 Å². The van der Waals surface area contributed by atoms with E-state index in [4.69, 9.17) is 11.5 Å². The Balaban J connectivity index is 3.17. The maximum Gasteiger partial charge on any atom is 0.416 e. The highest BCUT2D eigenvalue weighted by molar-refractivity contribution is 5.31. The smallest absolute Gasteiger partial charge is 0.326 e. The number of hydrogen-bond acceptors (Lipinski definition) is 2. The van der Waals surface area contributed by atoms with Gasteiger partial charge in [0.15, 0.2) is 0 Å². The zero-order chi connectivity index (χ0) is 10.8. The van der Waals surface area contributed by atoms with E-state index in [0.717, 1.165) is 12.1 Å². The molecule has 4 N–H and O–H groups in total. The molecule has 0 heterocycles. The van der Waals surface area contributed by atoms with E-state index >= 15 is 0 Å². The number of rotatable bonds is 2. The number of alkyl halides is 3. The van der Waals surface area contributed by atoms with E-state index in [1.807, 2.05) is 0 Å². The highest BCUT2D eigenvalue weighted by atomic mass is 19.4. The number of hydrogen-bond donors (Lipinski definition) is 2. The molecule has 14 heavy (non-hydrogen) atoms. The topological polar surface area (TPSA) is 52.0 Å². The van der Waals surface area contributed by atoms with E-state index in [1.54, 1.807) is 6.07 Å². The van der Waals surface area contributed by atoms with Crippen LogP contribution in [0.2, 0.25) is 0 Å². The Morgan fingerprint density at radius 3 is 1.64 bits per heavy atom. The summed E-state index contributed by atoms with van der Waals surface area (Å²) in [6.45, 7) is 0.161. The molecule has 0 aliphatic heterocycles. The molecule has 1 aromatic rings. The van der Waals surface area contributed by atoms with Crippen molar-refractivity contribution in [2.75, 3.05) is 0 Å². The first kappa shape index (κ1) is 11.0. The fourth-order valence-corrected chi connectivity index (χ4v) is 1.16. The van der Waals surface area contributed by atoms with E-state index in [2.05, 4.69) is 0 Å². The lowest BCUT2D eigenvalue weighted by Crippen LogP contribution is -2.09. The van der Waals surface area contributed by atoms with Crippen LogP contribution in [0.25, 0.3) is 0 Å². The van der Waals surface area contributed by atoms with Gasteiger partial charge in [0.05, 0.1) is 5.56 Å². The quantitative estimate of drug-likeness (QED) is 0.769. The molecular weight excluding hydrogens is 193 g/mol. The molecule has 0 fully saturated rings. The molecule has 0 aliphatic carbocycles. The molecule has 78 valence electrons. The molecule has 0 saturated carbocycles. The average Bonchev–Trinajstić information content (AvgIpc) is 2.15. The summed E-state index contributed by atoms with van der Waals surface area (Å²) in [7, 11) is 0. The van der Waals surface area contributed by atoms with Crippen molar-refractivity contribution in [1.29, 1.82) is 0 Å². The Labute approximate surface area is 79.7 Å². The summed E-state index contributed by atoms with van der Waals surface area (Å²) in [6.07, 6.45) is -4.34. The van der Waals surface area contributed by atoms with Crippen molar-refractivity contribution in [2.24, 2.45) is 11.5 Å². The van der Waals surface area contributed by atoms with Gasteiger partial charge in [-0.15, -0.1) is 0 Å². The molecule has 1 rings (SSSR count). The van der Waals surface area contributed by atoms with Crippen LogP contribution in [0.4, 0.5) is 13.2 Å². The summed E-state index contributed by atoms with van der Waals surface area (Å²) in [6, 6.07) is 3.66. The van der Waals surface area contributed by atoms with Crippen LogP contribution in [-0.2, 0) is 19.3 Å². The molecule has 2 nitrogen and oxygen atoms in total. The van der Waals surface area contributed by atoms with Gasteiger partial charge in [0, 0.05) is 13.1 Å². The van der Waals surface area contributed by atoms with Gasteiger partial charge in [-0.2, -0.15) is 13.2 Å². The molecule has 0 aromatic heterocycles. The second kappa shape index (κ2) is 3.98. The number of nitrogens with two attached hydrogens (primary N) is 2. The molecule has 0 saturated heterocycles. The van der Waals surface area contributed by atoms with Gasteiger partial charge in [-0.25, -0.2) is 0 Å². The third kappa shape index (κ3) is 2.46. The largest absolute Gasteiger partial charge is 0.416 e. The molecular formula is C9H11F3N2. The maximum absolute atomic E-state index is 12.3. The van der Waals surface area contributed by atoms with Crippen molar-refractivity contribution in [3.05, 3.63) is 34.9 Å². The van der Waals surface area contributed by atoms with E-state index in [-0.39, 0.29) is 13.1 Å². The van der Waals surface area contributed by atoms with Crippen molar-refractivity contribution in [2.45, 2.75) is 19.3 Å². The summed E-state index contributed by atoms with van der Waals surface area (Å²) in [5, 5.41) is 0. The minimum atomic E-state index is -4.34. The standard InChI is InChI=1S/C9H11F3N2/c10-9(11,12)8-2-6(4-13)1-7(3-8)5-14/h1-3H,4-5,13-14H2. The first-order valence-electron chi connectivity index (χ1n) is 4.07. The minimum absolute atomic E-state index is 0.0803. The van der Waals surface area contributed by atoms with Gasteiger partial charge >= 0.3 is 6.18 Å². The van der Waals surface area contributed by atoms with Crippen LogP contribution in [0.15, 0.2) is 18.2 Å². The van der Waals surface area contributed by atoms with Gasteiger partial charge in [-0.3, -0.25) is 0 Å². The molecule has 0 unspecified atom stereocenters. The van der Waals surface area contributed by atoms with Crippen LogP contribution >= 0.6 is 0 Å². The van der Waals surface area contributed by atoms with Gasteiger partial charge in [0.2, 0.25) is 0 Å². The Morgan fingerprint density at radius 1 is 0.929 bits per heavy atom. The van der Waals surface area contributed by atoms with Gasteiger partial charge in [0.1, 0.15) is 0 Å². The average molecular weight is 204 g/mol. The predicted molar refractivity (Wildman–Crippen MR) is 47.2 cm³/mol. The molecule has 0 spiro atoms. The lowest BCUT2D eigenvalue weighted by Gasteiger charge is -2.10. The maximum atomic E-state index is 12.3. The van der Waals surface area contributed by atoms with Crippen molar-refractivity contribution < 1.29 is 13.2 Å². The Bertz CT molecular complexity index is 298. The van der Waals surface area contributed by atoms with Gasteiger partial charge in [0.25, 0.3) is 0 Å². The monoisotopic (exact) mass is 204 g/mol. The Morgan fingerprint density at radius 2 is 1.36 bits per heavy atom. The van der Waals surface area contributed by atoms with E-state index in [1.165, 1.54) is 0 Å². The molecule has 1 aromatic carbocycles. The minimum Gasteiger partial charge on any atom is -0.326 e. The van der Waals surface area contributed by atoms with Gasteiger partial charge in [-0.1, -0.05) is 6.07 Å². The van der Waals surface area contributed by atoms with Crippen LogP contribution < -0.4 is 11.5 Å². The van der Waals surface area contributed by atoms with Crippen molar-refractivity contribution in [1.82, 2.24) is 0 Å². The number of halogens is 3. The second-order valence-electron chi connectivity index (χ2n) is 2.94. The normalized spacial score (nSPS) is 11.8. The summed E-state index contributed by atoms with van der Waals surface area (Å²) in [5.41, 5.74) is 10.8. The zero-order valence-corrected chi connectivity index (χ0v) is 7.43. The van der Waals surface area contributed by atoms with E-state index < -0.39 is 11.7 Å².